The number of alkyl halides is 3. The highest BCUT2D eigenvalue weighted by Crippen LogP contribution is 2.28. The van der Waals surface area contributed by atoms with Gasteiger partial charge in [0.1, 0.15) is 7.11 Å². The fourth-order valence-electron chi connectivity index (χ4n) is 1.29. The largest absolute Gasteiger partial charge is 0.516 e. The molecule has 0 heterocycles. The van der Waals surface area contributed by atoms with Crippen molar-refractivity contribution in [3.63, 3.8) is 0 Å². The first-order valence-electron chi connectivity index (χ1n) is 5.05. The molecular formula is C10H10BrF3N2O3S. The van der Waals surface area contributed by atoms with Crippen LogP contribution in [0, 0.1) is 0 Å². The molecule has 0 bridgehead atoms. The second-order valence-electron chi connectivity index (χ2n) is 3.60. The highest BCUT2D eigenvalue weighted by molar-refractivity contribution is 9.10. The summed E-state index contributed by atoms with van der Waals surface area (Å²) in [6, 6.07) is 4.02. The number of rotatable bonds is 4. The Morgan fingerprint density at radius 3 is 2.50 bits per heavy atom. The monoisotopic (exact) mass is 374 g/mol. The summed E-state index contributed by atoms with van der Waals surface area (Å²) in [6.45, 7) is 1.47. The molecule has 0 aliphatic heterocycles. The van der Waals surface area contributed by atoms with Crippen molar-refractivity contribution in [1.29, 1.82) is 0 Å². The van der Waals surface area contributed by atoms with Crippen LogP contribution < -0.4 is 4.72 Å². The van der Waals surface area contributed by atoms with Gasteiger partial charge in [-0.05, 0) is 25.1 Å². The van der Waals surface area contributed by atoms with E-state index < -0.39 is 15.5 Å². The zero-order chi connectivity index (χ0) is 15.6. The SMILES string of the molecule is CO/N=C(\C)c1cc(Br)ccc1NS(=O)(=O)C(F)(F)F. The Morgan fingerprint density at radius 1 is 1.40 bits per heavy atom. The van der Waals surface area contributed by atoms with E-state index in [0.29, 0.717) is 4.47 Å². The van der Waals surface area contributed by atoms with Gasteiger partial charge in [-0.2, -0.15) is 21.6 Å². The van der Waals surface area contributed by atoms with Crippen molar-refractivity contribution in [2.75, 3.05) is 11.8 Å². The lowest BCUT2D eigenvalue weighted by molar-refractivity contribution is -0.0429. The minimum Gasteiger partial charge on any atom is -0.399 e. The van der Waals surface area contributed by atoms with E-state index >= 15 is 0 Å². The number of hydrogen-bond donors (Lipinski definition) is 1. The van der Waals surface area contributed by atoms with Crippen molar-refractivity contribution in [3.05, 3.63) is 28.2 Å². The van der Waals surface area contributed by atoms with Crippen molar-refractivity contribution in [2.24, 2.45) is 5.16 Å². The Bertz CT molecular complexity index is 629. The standard InChI is InChI=1S/C10H10BrF3N2O3S/c1-6(15-19-2)8-5-7(11)3-4-9(8)16-20(17,18)10(12,13)14/h3-5,16H,1-2H3/b15-6+. The lowest BCUT2D eigenvalue weighted by Crippen LogP contribution is -2.30. The highest BCUT2D eigenvalue weighted by atomic mass is 79.9. The second kappa shape index (κ2) is 6.00. The zero-order valence-electron chi connectivity index (χ0n) is 10.3. The number of benzene rings is 1. The maximum Gasteiger partial charge on any atom is 0.516 e. The Hall–Kier alpha value is -1.29. The fourth-order valence-corrected chi connectivity index (χ4v) is 2.24. The first kappa shape index (κ1) is 16.8. The lowest BCUT2D eigenvalue weighted by atomic mass is 10.1. The minimum absolute atomic E-state index is 0.161. The van der Waals surface area contributed by atoms with E-state index in [2.05, 4.69) is 25.9 Å². The summed E-state index contributed by atoms with van der Waals surface area (Å²) in [7, 11) is -4.23. The van der Waals surface area contributed by atoms with Gasteiger partial charge in [-0.1, -0.05) is 21.1 Å². The van der Waals surface area contributed by atoms with Crippen LogP contribution in [0.25, 0.3) is 0 Å². The lowest BCUT2D eigenvalue weighted by Gasteiger charge is -2.14. The van der Waals surface area contributed by atoms with E-state index in [9.17, 15) is 21.6 Å². The molecule has 0 spiro atoms. The van der Waals surface area contributed by atoms with Crippen LogP contribution in [0.2, 0.25) is 0 Å². The van der Waals surface area contributed by atoms with Gasteiger partial charge in [0.2, 0.25) is 0 Å². The Morgan fingerprint density at radius 2 is 2.00 bits per heavy atom. The number of halogens is 4. The van der Waals surface area contributed by atoms with Crippen LogP contribution in [0.3, 0.4) is 0 Å². The number of anilines is 1. The Balaban J connectivity index is 3.30. The molecule has 0 saturated heterocycles. The molecular weight excluding hydrogens is 365 g/mol. The van der Waals surface area contributed by atoms with Crippen LogP contribution in [-0.4, -0.2) is 26.7 Å². The predicted octanol–water partition coefficient (Wildman–Crippen LogP) is 3.08. The molecule has 0 atom stereocenters. The normalized spacial score (nSPS) is 13.2. The van der Waals surface area contributed by atoms with Crippen LogP contribution >= 0.6 is 15.9 Å². The van der Waals surface area contributed by atoms with Gasteiger partial charge in [-0.15, -0.1) is 0 Å². The highest BCUT2D eigenvalue weighted by Gasteiger charge is 2.46. The van der Waals surface area contributed by atoms with Crippen molar-refractivity contribution in [3.8, 4) is 0 Å². The maximum atomic E-state index is 12.4. The molecule has 20 heavy (non-hydrogen) atoms. The second-order valence-corrected chi connectivity index (χ2v) is 6.19. The van der Waals surface area contributed by atoms with Gasteiger partial charge in [-0.3, -0.25) is 4.72 Å². The summed E-state index contributed by atoms with van der Waals surface area (Å²) < 4.78 is 61.4. The Kier molecular flexibility index (Phi) is 5.03. The van der Waals surface area contributed by atoms with Crippen LogP contribution in [0.4, 0.5) is 18.9 Å². The average molecular weight is 375 g/mol. The molecule has 1 rings (SSSR count). The molecule has 0 unspecified atom stereocenters. The molecule has 1 N–H and O–H groups in total. The molecule has 0 radical (unpaired) electrons. The van der Waals surface area contributed by atoms with Gasteiger partial charge in [0.15, 0.2) is 0 Å². The first-order chi connectivity index (χ1) is 9.08. The molecule has 1 aromatic carbocycles. The summed E-state index contributed by atoms with van der Waals surface area (Å²) in [5, 5.41) is 3.57. The van der Waals surface area contributed by atoms with Crippen LogP contribution in [0.15, 0.2) is 27.8 Å². The van der Waals surface area contributed by atoms with Crippen LogP contribution in [0.5, 0.6) is 0 Å². The molecule has 5 nitrogen and oxygen atoms in total. The number of sulfonamides is 1. The topological polar surface area (TPSA) is 67.8 Å². The third-order valence-corrected chi connectivity index (χ3v) is 3.74. The third-order valence-electron chi connectivity index (χ3n) is 2.15. The number of hydrogen-bond acceptors (Lipinski definition) is 4. The number of nitrogens with one attached hydrogen (secondary N) is 1. The number of nitrogens with zero attached hydrogens (tertiary/aromatic N) is 1. The van der Waals surface area contributed by atoms with E-state index in [1.54, 1.807) is 0 Å². The van der Waals surface area contributed by atoms with Gasteiger partial charge in [0.25, 0.3) is 0 Å². The summed E-state index contributed by atoms with van der Waals surface area (Å²) >= 11 is 3.14. The third kappa shape index (κ3) is 3.85. The van der Waals surface area contributed by atoms with E-state index in [1.165, 1.54) is 37.0 Å². The molecule has 10 heteroatoms. The predicted molar refractivity (Wildman–Crippen MR) is 72.0 cm³/mol. The van der Waals surface area contributed by atoms with E-state index in [1.807, 2.05) is 0 Å². The zero-order valence-corrected chi connectivity index (χ0v) is 12.7. The molecule has 0 aliphatic rings. The maximum absolute atomic E-state index is 12.4. The average Bonchev–Trinajstić information content (AvgIpc) is 2.30. The van der Waals surface area contributed by atoms with Crippen molar-refractivity contribution >= 4 is 37.4 Å². The number of oxime groups is 1. The fraction of sp³-hybridized carbons (Fsp3) is 0.300. The summed E-state index contributed by atoms with van der Waals surface area (Å²) in [5.41, 5.74) is -5.27. The van der Waals surface area contributed by atoms with E-state index in [4.69, 9.17) is 0 Å². The quantitative estimate of drug-likeness (QED) is 0.650. The molecule has 0 saturated carbocycles. The van der Waals surface area contributed by atoms with Crippen molar-refractivity contribution in [2.45, 2.75) is 12.4 Å². The molecule has 0 fully saturated rings. The van der Waals surface area contributed by atoms with Crippen molar-refractivity contribution in [1.82, 2.24) is 0 Å². The molecule has 0 aromatic heterocycles. The van der Waals surface area contributed by atoms with E-state index in [-0.39, 0.29) is 17.0 Å². The summed E-state index contributed by atoms with van der Waals surface area (Å²) in [5.74, 6) is 0. The molecule has 1 aromatic rings. The molecule has 112 valence electrons. The van der Waals surface area contributed by atoms with Crippen LogP contribution in [0.1, 0.15) is 12.5 Å². The van der Waals surface area contributed by atoms with Gasteiger partial charge in [0.05, 0.1) is 11.4 Å². The van der Waals surface area contributed by atoms with Crippen LogP contribution in [-0.2, 0) is 14.9 Å². The Labute approximate surface area is 122 Å². The molecule has 0 aliphatic carbocycles. The summed E-state index contributed by atoms with van der Waals surface area (Å²) in [6.07, 6.45) is 0. The first-order valence-corrected chi connectivity index (χ1v) is 7.33. The van der Waals surface area contributed by atoms with Gasteiger partial charge < -0.3 is 4.84 Å². The molecule has 0 amide bonds. The minimum atomic E-state index is -5.50. The smallest absolute Gasteiger partial charge is 0.399 e. The summed E-state index contributed by atoms with van der Waals surface area (Å²) in [4.78, 5) is 4.52. The van der Waals surface area contributed by atoms with E-state index in [0.717, 1.165) is 0 Å². The van der Waals surface area contributed by atoms with Gasteiger partial charge in [0, 0.05) is 10.0 Å². The van der Waals surface area contributed by atoms with Gasteiger partial charge >= 0.3 is 15.5 Å². The van der Waals surface area contributed by atoms with Crippen molar-refractivity contribution < 1.29 is 26.4 Å². The van der Waals surface area contributed by atoms with Gasteiger partial charge in [-0.25, -0.2) is 0 Å².